The maximum Gasteiger partial charge on any atom is 0.0800 e. The first kappa shape index (κ1) is 19.0. The molecule has 1 heterocycles. The molecule has 0 radical (unpaired) electrons. The van der Waals surface area contributed by atoms with Gasteiger partial charge in [0.25, 0.3) is 0 Å². The first-order valence-corrected chi connectivity index (χ1v) is 14.0. The average molecular weight is 409 g/mol. The molecule has 1 unspecified atom stereocenters. The maximum atomic E-state index is 9.36. The van der Waals surface area contributed by atoms with Crippen molar-refractivity contribution in [1.29, 1.82) is 0 Å². The Hall–Kier alpha value is -2.97. The number of pyridine rings is 1. The molecule has 0 aliphatic heterocycles. The van der Waals surface area contributed by atoms with Gasteiger partial charge in [-0.25, -0.2) is 0 Å². The van der Waals surface area contributed by atoms with Crippen LogP contribution in [0.4, 0.5) is 0 Å². The third-order valence-electron chi connectivity index (χ3n) is 5.59. The molecular weight excluding hydrogens is 378 g/mol. The lowest BCUT2D eigenvalue weighted by molar-refractivity contribution is 0.925. The third-order valence-corrected chi connectivity index (χ3v) is 7.60. The molecule has 0 aliphatic rings. The molecule has 0 fully saturated rings. The normalized spacial score (nSPS) is 14.1. The number of hydrogen-bond donors (Lipinski definition) is 0. The van der Waals surface area contributed by atoms with E-state index in [0.29, 0.717) is 0 Å². The van der Waals surface area contributed by atoms with E-state index in [2.05, 4.69) is 86.4 Å². The van der Waals surface area contributed by atoms with Gasteiger partial charge in [-0.1, -0.05) is 105 Å². The summed E-state index contributed by atoms with van der Waals surface area (Å²) in [5, 5.41) is 1.25. The van der Waals surface area contributed by atoms with Gasteiger partial charge < -0.3 is 0 Å². The van der Waals surface area contributed by atoms with Crippen LogP contribution in [0, 0.1) is 0 Å². The fourth-order valence-electron chi connectivity index (χ4n) is 3.85. The Bertz CT molecular complexity index is 1180. The quantitative estimate of drug-likeness (QED) is 0.321. The molecule has 1 aromatic heterocycles. The summed E-state index contributed by atoms with van der Waals surface area (Å²) in [7, 11) is -1.69. The Kier molecular flexibility index (Phi) is 5.33. The Labute approximate surface area is 182 Å². The number of nitrogens with zero attached hydrogens (tertiary/aromatic N) is 1. The zero-order valence-electron chi connectivity index (χ0n) is 19.2. The second kappa shape index (κ2) is 8.41. The van der Waals surface area contributed by atoms with Crippen molar-refractivity contribution >= 4 is 13.3 Å². The highest BCUT2D eigenvalue weighted by Crippen LogP contribution is 2.29. The summed E-state index contributed by atoms with van der Waals surface area (Å²) in [5.74, 6) is -0.842. The van der Waals surface area contributed by atoms with Gasteiger partial charge in [-0.2, -0.15) is 0 Å². The van der Waals surface area contributed by atoms with E-state index in [9.17, 15) is 1.37 Å². The fraction of sp³-hybridized carbons (Fsp3) is 0.179. The molecule has 30 heavy (non-hydrogen) atoms. The third kappa shape index (κ3) is 4.29. The lowest BCUT2D eigenvalue weighted by Gasteiger charge is -2.25. The summed E-state index contributed by atoms with van der Waals surface area (Å²) in [6.07, 6.45) is 2.03. The molecule has 4 rings (SSSR count). The van der Waals surface area contributed by atoms with Crippen LogP contribution in [0.25, 0.3) is 22.4 Å². The van der Waals surface area contributed by atoms with Crippen LogP contribution in [0.3, 0.4) is 0 Å². The van der Waals surface area contributed by atoms with Gasteiger partial charge in [0.15, 0.2) is 0 Å². The maximum absolute atomic E-state index is 9.36. The molecular formula is C28H29NSi. The Morgan fingerprint density at radius 3 is 2.00 bits per heavy atom. The standard InChI is InChI=1S/C28H29NSi/c1-21(22-12-7-5-8-13-22)26-19-27(29-20-28(26)30(2,3)4)25-17-11-16-24(18-25)23-14-9-6-10-15-23/h5-21H,1-4H3/i21D. The average Bonchev–Trinajstić information content (AvgIpc) is 2.79. The summed E-state index contributed by atoms with van der Waals surface area (Å²) >= 11 is 0. The van der Waals surface area contributed by atoms with Crippen molar-refractivity contribution < 1.29 is 1.37 Å². The minimum Gasteiger partial charge on any atom is -0.256 e. The molecule has 0 N–H and O–H groups in total. The van der Waals surface area contributed by atoms with Gasteiger partial charge in [0.2, 0.25) is 0 Å². The van der Waals surface area contributed by atoms with Gasteiger partial charge in [-0.3, -0.25) is 4.98 Å². The van der Waals surface area contributed by atoms with E-state index in [-0.39, 0.29) is 0 Å². The number of aromatic nitrogens is 1. The van der Waals surface area contributed by atoms with Crippen LogP contribution in [-0.4, -0.2) is 13.1 Å². The molecule has 0 bridgehead atoms. The molecule has 150 valence electrons. The van der Waals surface area contributed by atoms with Crippen LogP contribution >= 0.6 is 0 Å². The van der Waals surface area contributed by atoms with E-state index in [1.165, 1.54) is 16.3 Å². The summed E-state index contributed by atoms with van der Waals surface area (Å²) in [6, 6.07) is 31.2. The highest BCUT2D eigenvalue weighted by Gasteiger charge is 2.24. The predicted octanol–water partition coefficient (Wildman–Crippen LogP) is 7.11. The summed E-state index contributed by atoms with van der Waals surface area (Å²) in [6.45, 7) is 8.98. The van der Waals surface area contributed by atoms with Crippen LogP contribution in [0.5, 0.6) is 0 Å². The van der Waals surface area contributed by atoms with Gasteiger partial charge in [0, 0.05) is 19.0 Å². The van der Waals surface area contributed by atoms with E-state index in [1.54, 1.807) is 0 Å². The molecule has 4 aromatic rings. The smallest absolute Gasteiger partial charge is 0.0800 e. The fourth-order valence-corrected chi connectivity index (χ4v) is 5.37. The zero-order valence-corrected chi connectivity index (χ0v) is 19.2. The van der Waals surface area contributed by atoms with Crippen molar-refractivity contribution in [3.8, 4) is 22.4 Å². The summed E-state index contributed by atoms with van der Waals surface area (Å²) < 4.78 is 9.36. The molecule has 2 heteroatoms. The van der Waals surface area contributed by atoms with Crippen molar-refractivity contribution in [2.45, 2.75) is 32.5 Å². The molecule has 0 amide bonds. The minimum absolute atomic E-state index is 0.842. The van der Waals surface area contributed by atoms with Crippen LogP contribution < -0.4 is 5.19 Å². The van der Waals surface area contributed by atoms with Crippen LogP contribution in [0.2, 0.25) is 19.6 Å². The first-order valence-electron chi connectivity index (χ1n) is 11.0. The van der Waals surface area contributed by atoms with Crippen molar-refractivity contribution in [2.75, 3.05) is 0 Å². The number of rotatable bonds is 5. The second-order valence-electron chi connectivity index (χ2n) is 8.80. The van der Waals surface area contributed by atoms with Gasteiger partial charge in [0.05, 0.1) is 13.8 Å². The van der Waals surface area contributed by atoms with Crippen molar-refractivity contribution in [3.63, 3.8) is 0 Å². The second-order valence-corrected chi connectivity index (χ2v) is 13.8. The lowest BCUT2D eigenvalue weighted by atomic mass is 9.92. The van der Waals surface area contributed by atoms with Crippen LogP contribution in [0.15, 0.2) is 97.2 Å². The molecule has 0 aliphatic carbocycles. The van der Waals surface area contributed by atoms with Crippen molar-refractivity contribution in [2.24, 2.45) is 0 Å². The van der Waals surface area contributed by atoms with Crippen molar-refractivity contribution in [3.05, 3.63) is 108 Å². The summed E-state index contributed by atoms with van der Waals surface area (Å²) in [5.41, 5.74) is 6.43. The molecule has 0 saturated carbocycles. The summed E-state index contributed by atoms with van der Waals surface area (Å²) in [4.78, 5) is 4.87. The van der Waals surface area contributed by atoms with Gasteiger partial charge in [-0.05, 0) is 39.6 Å². The highest BCUT2D eigenvalue weighted by atomic mass is 28.3. The van der Waals surface area contributed by atoms with E-state index in [1.807, 2.05) is 37.4 Å². The number of hydrogen-bond acceptors (Lipinski definition) is 1. The van der Waals surface area contributed by atoms with E-state index < -0.39 is 14.0 Å². The van der Waals surface area contributed by atoms with Gasteiger partial charge >= 0.3 is 0 Å². The topological polar surface area (TPSA) is 12.9 Å². The predicted molar refractivity (Wildman–Crippen MR) is 132 cm³/mol. The zero-order chi connectivity index (χ0) is 22.1. The Morgan fingerprint density at radius 2 is 1.33 bits per heavy atom. The van der Waals surface area contributed by atoms with Crippen molar-refractivity contribution in [1.82, 2.24) is 4.98 Å². The van der Waals surface area contributed by atoms with Crippen LogP contribution in [-0.2, 0) is 0 Å². The molecule has 0 saturated heterocycles. The molecule has 1 atom stereocenters. The van der Waals surface area contributed by atoms with Gasteiger partial charge in [-0.15, -0.1) is 0 Å². The SMILES string of the molecule is [2H]C(C)(c1ccccc1)c1cc(-c2cccc(-c3ccccc3)c2)ncc1[Si](C)(C)C. The van der Waals surface area contributed by atoms with E-state index in [0.717, 1.165) is 22.4 Å². The van der Waals surface area contributed by atoms with E-state index in [4.69, 9.17) is 4.98 Å². The molecule has 0 spiro atoms. The Balaban J connectivity index is 1.86. The molecule has 3 aromatic carbocycles. The van der Waals surface area contributed by atoms with Gasteiger partial charge in [0.1, 0.15) is 0 Å². The minimum atomic E-state index is -1.69. The first-order chi connectivity index (χ1) is 14.8. The lowest BCUT2D eigenvalue weighted by Crippen LogP contribution is -2.41. The Morgan fingerprint density at radius 1 is 0.733 bits per heavy atom. The largest absolute Gasteiger partial charge is 0.256 e. The molecule has 1 nitrogen and oxygen atoms in total. The number of benzene rings is 3. The van der Waals surface area contributed by atoms with Crippen LogP contribution in [0.1, 0.15) is 25.3 Å². The highest BCUT2D eigenvalue weighted by molar-refractivity contribution is 6.89. The van der Waals surface area contributed by atoms with E-state index >= 15 is 0 Å². The monoisotopic (exact) mass is 408 g/mol.